The van der Waals surface area contributed by atoms with Crippen LogP contribution in [-0.2, 0) is 11.3 Å². The number of nitro benzene ring substituents is 1. The number of nitrogens with zero attached hydrogens (tertiary/aromatic N) is 3. The number of piperidine rings is 1. The van der Waals surface area contributed by atoms with Crippen LogP contribution in [0.5, 0.6) is 0 Å². The Kier molecular flexibility index (Phi) is 10.1. The van der Waals surface area contributed by atoms with Gasteiger partial charge in [-0.3, -0.25) is 10.1 Å². The molecule has 2 aliphatic rings. The topological polar surface area (TPSA) is 92.0 Å². The number of non-ortho nitro benzene ring substituents is 1. The van der Waals surface area contributed by atoms with E-state index in [2.05, 4.69) is 20.5 Å². The van der Waals surface area contributed by atoms with Gasteiger partial charge in [-0.25, -0.2) is 4.99 Å². The SMILES string of the molecule is CCNC(=NCc1cccc([N+](=O)[O-])c1)NC1CCN(CC2CCOC2)CC1.I. The number of nitro groups is 1. The number of aliphatic imine (C=N–C) groups is 1. The number of hydrogen-bond acceptors (Lipinski definition) is 5. The van der Waals surface area contributed by atoms with Crippen molar-refractivity contribution in [2.75, 3.05) is 39.4 Å². The van der Waals surface area contributed by atoms with Gasteiger partial charge in [-0.05, 0) is 37.7 Å². The molecule has 8 nitrogen and oxygen atoms in total. The second kappa shape index (κ2) is 12.3. The summed E-state index contributed by atoms with van der Waals surface area (Å²) in [6.07, 6.45) is 3.37. The minimum absolute atomic E-state index is 0. The molecule has 162 valence electrons. The van der Waals surface area contributed by atoms with Gasteiger partial charge < -0.3 is 20.3 Å². The third kappa shape index (κ3) is 7.71. The minimum atomic E-state index is -0.373. The summed E-state index contributed by atoms with van der Waals surface area (Å²) in [7, 11) is 0. The molecule has 9 heteroatoms. The van der Waals surface area contributed by atoms with Crippen LogP contribution in [0.1, 0.15) is 31.7 Å². The lowest BCUT2D eigenvalue weighted by Crippen LogP contribution is -2.49. The molecular weight excluding hydrogens is 485 g/mol. The summed E-state index contributed by atoms with van der Waals surface area (Å²) in [5.74, 6) is 1.47. The van der Waals surface area contributed by atoms with Crippen molar-refractivity contribution >= 4 is 35.6 Å². The zero-order valence-corrected chi connectivity index (χ0v) is 19.3. The molecule has 0 saturated carbocycles. The van der Waals surface area contributed by atoms with Gasteiger partial charge in [0.25, 0.3) is 5.69 Å². The van der Waals surface area contributed by atoms with Gasteiger partial charge in [-0.1, -0.05) is 12.1 Å². The second-order valence-corrected chi connectivity index (χ2v) is 7.57. The number of ether oxygens (including phenoxy) is 1. The first kappa shape index (κ1) is 23.8. The molecule has 1 aromatic carbocycles. The zero-order valence-electron chi connectivity index (χ0n) is 17.0. The summed E-state index contributed by atoms with van der Waals surface area (Å²) in [6, 6.07) is 7.05. The van der Waals surface area contributed by atoms with E-state index in [-0.39, 0.29) is 34.6 Å². The third-order valence-corrected chi connectivity index (χ3v) is 5.35. The van der Waals surface area contributed by atoms with Gasteiger partial charge in [0.15, 0.2) is 5.96 Å². The summed E-state index contributed by atoms with van der Waals surface area (Å²) >= 11 is 0. The van der Waals surface area contributed by atoms with Crippen LogP contribution in [0.15, 0.2) is 29.3 Å². The standard InChI is InChI=1S/C20H31N5O3.HI/c1-2-21-20(22-13-16-4-3-5-19(12-16)25(26)27)23-18-6-9-24(10-7-18)14-17-8-11-28-15-17;/h3-5,12,17-18H,2,6-11,13-15H2,1H3,(H2,21,22,23);1H. The molecule has 1 unspecified atom stereocenters. The van der Waals surface area contributed by atoms with Gasteiger partial charge in [0.05, 0.1) is 18.1 Å². The Labute approximate surface area is 189 Å². The highest BCUT2D eigenvalue weighted by Gasteiger charge is 2.24. The van der Waals surface area contributed by atoms with Gasteiger partial charge >= 0.3 is 0 Å². The molecule has 1 aromatic rings. The summed E-state index contributed by atoms with van der Waals surface area (Å²) < 4.78 is 5.48. The number of guanidine groups is 1. The molecule has 0 aromatic heterocycles. The molecule has 29 heavy (non-hydrogen) atoms. The maximum absolute atomic E-state index is 10.9. The van der Waals surface area contributed by atoms with Crippen molar-refractivity contribution in [2.24, 2.45) is 10.9 Å². The Bertz CT molecular complexity index is 674. The first-order valence-corrected chi connectivity index (χ1v) is 10.2. The molecule has 0 spiro atoms. The van der Waals surface area contributed by atoms with E-state index in [0.29, 0.717) is 18.5 Å². The van der Waals surface area contributed by atoms with E-state index in [1.807, 2.05) is 13.0 Å². The summed E-state index contributed by atoms with van der Waals surface area (Å²) in [4.78, 5) is 17.7. The van der Waals surface area contributed by atoms with Crippen LogP contribution in [0.3, 0.4) is 0 Å². The van der Waals surface area contributed by atoms with Gasteiger partial charge in [0.2, 0.25) is 0 Å². The van der Waals surface area contributed by atoms with Crippen molar-refractivity contribution in [3.63, 3.8) is 0 Å². The summed E-state index contributed by atoms with van der Waals surface area (Å²) in [6.45, 7) is 8.39. The summed E-state index contributed by atoms with van der Waals surface area (Å²) in [5.41, 5.74) is 0.936. The van der Waals surface area contributed by atoms with Crippen LogP contribution >= 0.6 is 24.0 Å². The highest BCUT2D eigenvalue weighted by Crippen LogP contribution is 2.18. The molecule has 2 N–H and O–H groups in total. The Morgan fingerprint density at radius 1 is 1.34 bits per heavy atom. The predicted molar refractivity (Wildman–Crippen MR) is 125 cm³/mol. The lowest BCUT2D eigenvalue weighted by atomic mass is 10.0. The third-order valence-electron chi connectivity index (χ3n) is 5.35. The number of nitrogens with one attached hydrogen (secondary N) is 2. The van der Waals surface area contributed by atoms with Crippen molar-refractivity contribution in [1.82, 2.24) is 15.5 Å². The molecule has 1 atom stereocenters. The highest BCUT2D eigenvalue weighted by atomic mass is 127. The van der Waals surface area contributed by atoms with Crippen molar-refractivity contribution in [3.05, 3.63) is 39.9 Å². The number of halogens is 1. The van der Waals surface area contributed by atoms with E-state index < -0.39 is 0 Å². The number of rotatable bonds is 7. The van der Waals surface area contributed by atoms with Gasteiger partial charge in [-0.2, -0.15) is 0 Å². The Balaban J connectivity index is 0.00000300. The number of likely N-dealkylation sites (tertiary alicyclic amines) is 1. The Hall–Kier alpha value is -1.46. The summed E-state index contributed by atoms with van der Waals surface area (Å²) in [5, 5.41) is 17.7. The van der Waals surface area contributed by atoms with E-state index in [1.54, 1.807) is 12.1 Å². The predicted octanol–water partition coefficient (Wildman–Crippen LogP) is 2.77. The van der Waals surface area contributed by atoms with Crippen molar-refractivity contribution < 1.29 is 9.66 Å². The number of benzene rings is 1. The maximum Gasteiger partial charge on any atom is 0.269 e. The van der Waals surface area contributed by atoms with Crippen LogP contribution in [-0.4, -0.2) is 61.2 Å². The first-order valence-electron chi connectivity index (χ1n) is 10.2. The molecule has 2 heterocycles. The van der Waals surface area contributed by atoms with Crippen LogP contribution in [0.4, 0.5) is 5.69 Å². The van der Waals surface area contributed by atoms with Crippen molar-refractivity contribution in [2.45, 2.75) is 38.8 Å². The molecule has 2 aliphatic heterocycles. The maximum atomic E-state index is 10.9. The fourth-order valence-electron chi connectivity index (χ4n) is 3.80. The lowest BCUT2D eigenvalue weighted by Gasteiger charge is -2.34. The molecular formula is C20H32IN5O3. The van der Waals surface area contributed by atoms with Gasteiger partial charge in [-0.15, -0.1) is 24.0 Å². The van der Waals surface area contributed by atoms with Gasteiger partial charge in [0.1, 0.15) is 0 Å². The van der Waals surface area contributed by atoms with Crippen LogP contribution in [0, 0.1) is 16.0 Å². The molecule has 0 aliphatic carbocycles. The van der Waals surface area contributed by atoms with E-state index in [0.717, 1.165) is 63.8 Å². The number of hydrogen-bond donors (Lipinski definition) is 2. The van der Waals surface area contributed by atoms with Crippen LogP contribution in [0.25, 0.3) is 0 Å². The fourth-order valence-corrected chi connectivity index (χ4v) is 3.80. The van der Waals surface area contributed by atoms with E-state index in [1.165, 1.54) is 12.5 Å². The fraction of sp³-hybridized carbons (Fsp3) is 0.650. The lowest BCUT2D eigenvalue weighted by molar-refractivity contribution is -0.384. The molecule has 3 rings (SSSR count). The van der Waals surface area contributed by atoms with Crippen molar-refractivity contribution in [1.29, 1.82) is 0 Å². The van der Waals surface area contributed by atoms with Crippen molar-refractivity contribution in [3.8, 4) is 0 Å². The Morgan fingerprint density at radius 2 is 2.14 bits per heavy atom. The Morgan fingerprint density at radius 3 is 2.79 bits per heavy atom. The van der Waals surface area contributed by atoms with E-state index in [9.17, 15) is 10.1 Å². The largest absolute Gasteiger partial charge is 0.381 e. The van der Waals surface area contributed by atoms with Crippen LogP contribution < -0.4 is 10.6 Å². The zero-order chi connectivity index (χ0) is 19.8. The van der Waals surface area contributed by atoms with Crippen LogP contribution in [0.2, 0.25) is 0 Å². The van der Waals surface area contributed by atoms with Gasteiger partial charge in [0, 0.05) is 51.0 Å². The first-order chi connectivity index (χ1) is 13.6. The minimum Gasteiger partial charge on any atom is -0.381 e. The highest BCUT2D eigenvalue weighted by molar-refractivity contribution is 14.0. The normalized spacial score (nSPS) is 20.9. The average molecular weight is 517 g/mol. The average Bonchev–Trinajstić information content (AvgIpc) is 3.21. The monoisotopic (exact) mass is 517 g/mol. The molecule has 2 saturated heterocycles. The molecule has 2 fully saturated rings. The van der Waals surface area contributed by atoms with E-state index in [4.69, 9.17) is 4.74 Å². The quantitative estimate of drug-likeness (QED) is 0.190. The second-order valence-electron chi connectivity index (χ2n) is 7.57. The molecule has 0 amide bonds. The van der Waals surface area contributed by atoms with E-state index >= 15 is 0 Å². The molecule has 0 bridgehead atoms. The smallest absolute Gasteiger partial charge is 0.269 e. The molecule has 0 radical (unpaired) electrons.